The zero-order valence-corrected chi connectivity index (χ0v) is 8.48. The van der Waals surface area contributed by atoms with Gasteiger partial charge in [-0.3, -0.25) is 0 Å². The van der Waals surface area contributed by atoms with Crippen molar-refractivity contribution in [3.63, 3.8) is 0 Å². The highest BCUT2D eigenvalue weighted by Crippen LogP contribution is 2.17. The van der Waals surface area contributed by atoms with Gasteiger partial charge in [0.2, 0.25) is 0 Å². The van der Waals surface area contributed by atoms with E-state index >= 15 is 0 Å². The Labute approximate surface area is 84.8 Å². The molecule has 0 spiro atoms. The second-order valence-corrected chi connectivity index (χ2v) is 3.27. The lowest BCUT2D eigenvalue weighted by Crippen LogP contribution is -2.06. The lowest BCUT2D eigenvalue weighted by atomic mass is 10.1. The van der Waals surface area contributed by atoms with Crippen molar-refractivity contribution in [2.24, 2.45) is 0 Å². The van der Waals surface area contributed by atoms with E-state index in [9.17, 15) is 5.11 Å². The minimum absolute atomic E-state index is 0.486. The van der Waals surface area contributed by atoms with Crippen molar-refractivity contribution in [3.05, 3.63) is 18.2 Å². The lowest BCUT2D eigenvalue weighted by Gasteiger charge is -2.11. The number of rotatable bonds is 5. The molecule has 0 aliphatic heterocycles. The van der Waals surface area contributed by atoms with Crippen molar-refractivity contribution in [2.75, 3.05) is 0 Å². The van der Waals surface area contributed by atoms with Gasteiger partial charge in [-0.15, -0.1) is 12.3 Å². The second-order valence-electron chi connectivity index (χ2n) is 3.27. The maximum atomic E-state index is 9.79. The third kappa shape index (κ3) is 2.61. The van der Waals surface area contributed by atoms with E-state index in [1.54, 1.807) is 12.5 Å². The fourth-order valence-corrected chi connectivity index (χ4v) is 1.40. The molecule has 1 heterocycles. The molecule has 0 aliphatic rings. The quantitative estimate of drug-likeness (QED) is 0.722. The van der Waals surface area contributed by atoms with Crippen LogP contribution in [0.1, 0.15) is 38.0 Å². The van der Waals surface area contributed by atoms with Crippen molar-refractivity contribution < 1.29 is 5.11 Å². The lowest BCUT2D eigenvalue weighted by molar-refractivity contribution is 0.160. The van der Waals surface area contributed by atoms with Crippen LogP contribution >= 0.6 is 0 Å². The number of hydrogen-bond donors (Lipinski definition) is 1. The van der Waals surface area contributed by atoms with Gasteiger partial charge in [0.1, 0.15) is 0 Å². The van der Waals surface area contributed by atoms with Crippen LogP contribution in [-0.2, 0) is 6.54 Å². The highest BCUT2D eigenvalue weighted by Gasteiger charge is 2.11. The van der Waals surface area contributed by atoms with Crippen LogP contribution in [0.25, 0.3) is 0 Å². The zero-order valence-electron chi connectivity index (χ0n) is 8.48. The Kier molecular flexibility index (Phi) is 4.21. The first-order valence-corrected chi connectivity index (χ1v) is 4.91. The Morgan fingerprint density at radius 1 is 1.71 bits per heavy atom. The number of hydrogen-bond acceptors (Lipinski definition) is 2. The van der Waals surface area contributed by atoms with Crippen LogP contribution in [0, 0.1) is 12.3 Å². The summed E-state index contributed by atoms with van der Waals surface area (Å²) in [4.78, 5) is 4.02. The van der Waals surface area contributed by atoms with Crippen molar-refractivity contribution >= 4 is 0 Å². The molecule has 0 amide bonds. The third-order valence-corrected chi connectivity index (χ3v) is 2.11. The van der Waals surface area contributed by atoms with Gasteiger partial charge < -0.3 is 9.67 Å². The molecule has 3 heteroatoms. The van der Waals surface area contributed by atoms with Gasteiger partial charge in [-0.2, -0.15) is 0 Å². The maximum absolute atomic E-state index is 9.79. The number of aliphatic hydroxyl groups excluding tert-OH is 1. The van der Waals surface area contributed by atoms with Gasteiger partial charge in [-0.1, -0.05) is 6.92 Å². The number of imidazole rings is 1. The number of terminal acetylenes is 1. The van der Waals surface area contributed by atoms with E-state index < -0.39 is 6.10 Å². The van der Waals surface area contributed by atoms with E-state index in [1.165, 1.54) is 0 Å². The second kappa shape index (κ2) is 5.46. The molecule has 1 N–H and O–H groups in total. The van der Waals surface area contributed by atoms with Gasteiger partial charge in [0, 0.05) is 13.0 Å². The summed E-state index contributed by atoms with van der Waals surface area (Å²) in [5.74, 6) is 2.52. The zero-order chi connectivity index (χ0) is 10.4. The molecule has 1 rings (SSSR count). The fourth-order valence-electron chi connectivity index (χ4n) is 1.40. The van der Waals surface area contributed by atoms with Gasteiger partial charge >= 0.3 is 0 Å². The van der Waals surface area contributed by atoms with Crippen LogP contribution in [0.4, 0.5) is 0 Å². The molecule has 0 aromatic carbocycles. The summed E-state index contributed by atoms with van der Waals surface area (Å²) in [5, 5.41) is 9.79. The number of aromatic nitrogens is 2. The van der Waals surface area contributed by atoms with Crippen LogP contribution in [0.5, 0.6) is 0 Å². The van der Waals surface area contributed by atoms with Crippen LogP contribution in [0.15, 0.2) is 12.5 Å². The molecule has 1 atom stereocenters. The Morgan fingerprint density at radius 2 is 2.50 bits per heavy atom. The van der Waals surface area contributed by atoms with Gasteiger partial charge in [-0.25, -0.2) is 4.98 Å². The molecular weight excluding hydrogens is 176 g/mol. The fraction of sp³-hybridized carbons (Fsp3) is 0.545. The van der Waals surface area contributed by atoms with E-state index in [0.717, 1.165) is 18.7 Å². The predicted octanol–water partition coefficient (Wildman–Crippen LogP) is 1.74. The molecule has 14 heavy (non-hydrogen) atoms. The smallest absolute Gasteiger partial charge is 0.0964 e. The molecule has 0 bridgehead atoms. The monoisotopic (exact) mass is 192 g/mol. The summed E-state index contributed by atoms with van der Waals surface area (Å²) in [7, 11) is 0. The van der Waals surface area contributed by atoms with Crippen molar-refractivity contribution in [2.45, 2.75) is 38.8 Å². The summed E-state index contributed by atoms with van der Waals surface area (Å²) >= 11 is 0. The number of aliphatic hydroxyl groups is 1. The SMILES string of the molecule is C#CCCC(O)c1cncn1CCC. The van der Waals surface area contributed by atoms with Crippen LogP contribution in [0.2, 0.25) is 0 Å². The average molecular weight is 192 g/mol. The van der Waals surface area contributed by atoms with E-state index in [0.29, 0.717) is 12.8 Å². The Morgan fingerprint density at radius 3 is 3.14 bits per heavy atom. The topological polar surface area (TPSA) is 38.1 Å². The molecule has 0 fully saturated rings. The van der Waals surface area contributed by atoms with Crippen LogP contribution in [0.3, 0.4) is 0 Å². The predicted molar refractivity (Wildman–Crippen MR) is 55.5 cm³/mol. The average Bonchev–Trinajstić information content (AvgIpc) is 2.63. The molecule has 76 valence electrons. The molecular formula is C11H16N2O. The van der Waals surface area contributed by atoms with E-state index in [4.69, 9.17) is 6.42 Å². The van der Waals surface area contributed by atoms with Crippen molar-refractivity contribution in [1.29, 1.82) is 0 Å². The first-order valence-electron chi connectivity index (χ1n) is 4.91. The Bertz CT molecular complexity index is 311. The Hall–Kier alpha value is -1.27. The normalized spacial score (nSPS) is 12.4. The summed E-state index contributed by atoms with van der Waals surface area (Å²) in [6.45, 7) is 2.99. The van der Waals surface area contributed by atoms with E-state index in [2.05, 4.69) is 17.8 Å². The molecule has 0 saturated carbocycles. The summed E-state index contributed by atoms with van der Waals surface area (Å²) in [6.07, 6.45) is 10.3. The van der Waals surface area contributed by atoms with Crippen LogP contribution < -0.4 is 0 Å². The summed E-state index contributed by atoms with van der Waals surface area (Å²) in [5.41, 5.74) is 0.863. The van der Waals surface area contributed by atoms with Crippen molar-refractivity contribution in [1.82, 2.24) is 9.55 Å². The van der Waals surface area contributed by atoms with Gasteiger partial charge in [0.05, 0.1) is 24.3 Å². The standard InChI is InChI=1S/C11H16N2O/c1-3-5-6-11(14)10-8-12-9-13(10)7-4-2/h1,8-9,11,14H,4-7H2,2H3. The molecule has 0 aliphatic carbocycles. The third-order valence-electron chi connectivity index (χ3n) is 2.11. The number of aryl methyl sites for hydroxylation is 1. The first-order chi connectivity index (χ1) is 6.79. The van der Waals surface area contributed by atoms with Gasteiger partial charge in [0.15, 0.2) is 0 Å². The minimum atomic E-state index is -0.486. The largest absolute Gasteiger partial charge is 0.387 e. The van der Waals surface area contributed by atoms with Crippen LogP contribution in [-0.4, -0.2) is 14.7 Å². The summed E-state index contributed by atoms with van der Waals surface area (Å²) < 4.78 is 1.97. The highest BCUT2D eigenvalue weighted by molar-refractivity contribution is 5.03. The molecule has 0 saturated heterocycles. The molecule has 3 nitrogen and oxygen atoms in total. The van der Waals surface area contributed by atoms with Crippen molar-refractivity contribution in [3.8, 4) is 12.3 Å². The molecule has 0 radical (unpaired) electrons. The number of nitrogens with zero attached hydrogens (tertiary/aromatic N) is 2. The summed E-state index contributed by atoms with van der Waals surface area (Å²) in [6, 6.07) is 0. The minimum Gasteiger partial charge on any atom is -0.387 e. The molecule has 1 aromatic heterocycles. The van der Waals surface area contributed by atoms with E-state index in [-0.39, 0.29) is 0 Å². The molecule has 1 unspecified atom stereocenters. The Balaban J connectivity index is 2.64. The maximum Gasteiger partial charge on any atom is 0.0964 e. The first kappa shape index (κ1) is 10.8. The van der Waals surface area contributed by atoms with E-state index in [1.807, 2.05) is 4.57 Å². The van der Waals surface area contributed by atoms with Gasteiger partial charge in [-0.05, 0) is 12.8 Å². The highest BCUT2D eigenvalue weighted by atomic mass is 16.3. The molecule has 1 aromatic rings. The van der Waals surface area contributed by atoms with Gasteiger partial charge in [0.25, 0.3) is 0 Å².